The minimum absolute atomic E-state index is 0.286. The number of methoxy groups -OCH3 is 1. The number of fused-ring (bicyclic) bond motifs is 2. The van der Waals surface area contributed by atoms with Gasteiger partial charge in [-0.15, -0.1) is 0 Å². The molecule has 0 aromatic heterocycles. The summed E-state index contributed by atoms with van der Waals surface area (Å²) in [4.78, 5) is 0. The fourth-order valence-electron chi connectivity index (χ4n) is 3.47. The van der Waals surface area contributed by atoms with Gasteiger partial charge in [0.15, 0.2) is 0 Å². The average molecular weight is 328 g/mol. The maximum Gasteiger partial charge on any atom is 0.119 e. The lowest BCUT2D eigenvalue weighted by molar-refractivity contribution is 0.414. The molecule has 0 radical (unpaired) electrons. The summed E-state index contributed by atoms with van der Waals surface area (Å²) in [5.41, 5.74) is 7.49. The molecular weight excluding hydrogens is 308 g/mol. The topological polar surface area (TPSA) is 29.5 Å². The van der Waals surface area contributed by atoms with Crippen molar-refractivity contribution in [3.05, 3.63) is 94.5 Å². The van der Waals surface area contributed by atoms with Gasteiger partial charge in [-0.2, -0.15) is 0 Å². The minimum Gasteiger partial charge on any atom is -0.508 e. The molecule has 25 heavy (non-hydrogen) atoms. The predicted molar refractivity (Wildman–Crippen MR) is 102 cm³/mol. The van der Waals surface area contributed by atoms with E-state index in [-0.39, 0.29) is 5.75 Å². The van der Waals surface area contributed by atoms with Gasteiger partial charge in [-0.3, -0.25) is 0 Å². The van der Waals surface area contributed by atoms with Crippen LogP contribution >= 0.6 is 0 Å². The second-order valence-electron chi connectivity index (χ2n) is 6.33. The Balaban J connectivity index is 1.93. The van der Waals surface area contributed by atoms with Crippen LogP contribution in [-0.2, 0) is 12.8 Å². The van der Waals surface area contributed by atoms with Crippen LogP contribution in [0.15, 0.2) is 66.7 Å². The van der Waals surface area contributed by atoms with E-state index in [0.29, 0.717) is 0 Å². The van der Waals surface area contributed by atoms with Crippen molar-refractivity contribution in [2.45, 2.75) is 12.8 Å². The van der Waals surface area contributed by atoms with Gasteiger partial charge < -0.3 is 9.84 Å². The zero-order valence-electron chi connectivity index (χ0n) is 14.2. The predicted octanol–water partition coefficient (Wildman–Crippen LogP) is 5.09. The zero-order chi connectivity index (χ0) is 17.2. The number of ether oxygens (including phenoxy) is 1. The van der Waals surface area contributed by atoms with Crippen molar-refractivity contribution in [2.75, 3.05) is 7.11 Å². The molecule has 0 saturated heterocycles. The Morgan fingerprint density at radius 1 is 0.840 bits per heavy atom. The molecule has 0 unspecified atom stereocenters. The Morgan fingerprint density at radius 2 is 1.56 bits per heavy atom. The molecule has 2 nitrogen and oxygen atoms in total. The summed E-state index contributed by atoms with van der Waals surface area (Å²) in [6, 6.07) is 22.3. The maximum atomic E-state index is 9.55. The van der Waals surface area contributed by atoms with Gasteiger partial charge in [0.1, 0.15) is 11.5 Å². The quantitative estimate of drug-likeness (QED) is 0.710. The smallest absolute Gasteiger partial charge is 0.119 e. The van der Waals surface area contributed by atoms with Crippen molar-refractivity contribution in [3.63, 3.8) is 0 Å². The van der Waals surface area contributed by atoms with Crippen LogP contribution in [0.3, 0.4) is 0 Å². The molecular formula is C23H20O2. The van der Waals surface area contributed by atoms with E-state index >= 15 is 0 Å². The number of rotatable bonds is 2. The van der Waals surface area contributed by atoms with E-state index < -0.39 is 0 Å². The molecule has 0 aliphatic heterocycles. The summed E-state index contributed by atoms with van der Waals surface area (Å²) in [6.45, 7) is 0. The molecule has 2 heteroatoms. The Kier molecular flexibility index (Phi) is 4.02. The van der Waals surface area contributed by atoms with Crippen molar-refractivity contribution < 1.29 is 9.84 Å². The lowest BCUT2D eigenvalue weighted by atomic mass is 9.92. The molecule has 1 aliphatic rings. The lowest BCUT2D eigenvalue weighted by Crippen LogP contribution is -1.94. The van der Waals surface area contributed by atoms with Crippen molar-refractivity contribution in [2.24, 2.45) is 0 Å². The van der Waals surface area contributed by atoms with Gasteiger partial charge in [-0.25, -0.2) is 0 Å². The van der Waals surface area contributed by atoms with Gasteiger partial charge in [-0.05, 0) is 76.6 Å². The van der Waals surface area contributed by atoms with E-state index in [1.165, 1.54) is 27.8 Å². The Morgan fingerprint density at radius 3 is 2.36 bits per heavy atom. The highest BCUT2D eigenvalue weighted by molar-refractivity contribution is 5.94. The number of benzene rings is 3. The monoisotopic (exact) mass is 328 g/mol. The number of phenols is 1. The molecule has 3 aromatic carbocycles. The highest BCUT2D eigenvalue weighted by atomic mass is 16.5. The van der Waals surface area contributed by atoms with Crippen LogP contribution in [0.5, 0.6) is 11.5 Å². The summed E-state index contributed by atoms with van der Waals surface area (Å²) in [5.74, 6) is 1.18. The van der Waals surface area contributed by atoms with Gasteiger partial charge in [0, 0.05) is 0 Å². The molecule has 1 N–H and O–H groups in total. The van der Waals surface area contributed by atoms with Gasteiger partial charge in [-0.1, -0.05) is 42.5 Å². The first-order valence-corrected chi connectivity index (χ1v) is 8.51. The van der Waals surface area contributed by atoms with Gasteiger partial charge in [0.2, 0.25) is 0 Å². The number of phenolic OH excluding ortho intramolecular Hbond substituents is 1. The first-order valence-electron chi connectivity index (χ1n) is 8.51. The van der Waals surface area contributed by atoms with E-state index in [1.807, 2.05) is 18.2 Å². The molecule has 0 bridgehead atoms. The summed E-state index contributed by atoms with van der Waals surface area (Å²) in [5, 5.41) is 9.55. The molecule has 0 spiro atoms. The van der Waals surface area contributed by atoms with Crippen molar-refractivity contribution >= 4 is 11.6 Å². The number of hydrogen-bond acceptors (Lipinski definition) is 2. The third-order valence-corrected chi connectivity index (χ3v) is 4.78. The number of aromatic hydroxyl groups is 1. The molecule has 0 fully saturated rings. The minimum atomic E-state index is 0.286. The second-order valence-corrected chi connectivity index (χ2v) is 6.33. The largest absolute Gasteiger partial charge is 0.508 e. The summed E-state index contributed by atoms with van der Waals surface area (Å²) >= 11 is 0. The Bertz CT molecular complexity index is 937. The normalized spacial score (nSPS) is 14.5. The molecule has 0 amide bonds. The molecule has 1 aliphatic carbocycles. The summed E-state index contributed by atoms with van der Waals surface area (Å²) in [7, 11) is 1.71. The van der Waals surface area contributed by atoms with Gasteiger partial charge in [0.05, 0.1) is 7.11 Å². The van der Waals surface area contributed by atoms with Crippen molar-refractivity contribution in [1.29, 1.82) is 0 Å². The fraction of sp³-hybridized carbons (Fsp3) is 0.130. The highest BCUT2D eigenvalue weighted by Gasteiger charge is 2.18. The standard InChI is InChI=1S/C23H20O2/c1-25-20-12-13-22-18(15-20)9-8-17-4-2-3-5-21(17)23(22)14-16-6-10-19(24)11-7-16/h2-7,10-15,24H,8-9H2,1H3. The molecule has 124 valence electrons. The lowest BCUT2D eigenvalue weighted by Gasteiger charge is -2.13. The average Bonchev–Trinajstić information content (AvgIpc) is 2.80. The first kappa shape index (κ1) is 15.5. The van der Waals surface area contributed by atoms with Crippen LogP contribution in [0.2, 0.25) is 0 Å². The van der Waals surface area contributed by atoms with Crippen LogP contribution in [0, 0.1) is 0 Å². The van der Waals surface area contributed by atoms with Crippen LogP contribution < -0.4 is 4.74 Å². The Labute approximate surface area is 148 Å². The van der Waals surface area contributed by atoms with Crippen LogP contribution in [-0.4, -0.2) is 12.2 Å². The Hall–Kier alpha value is -3.00. The van der Waals surface area contributed by atoms with Crippen LogP contribution in [0.25, 0.3) is 11.6 Å². The molecule has 0 atom stereocenters. The second kappa shape index (κ2) is 6.48. The summed E-state index contributed by atoms with van der Waals surface area (Å²) in [6.07, 6.45) is 4.22. The molecule has 3 aromatic rings. The molecule has 4 rings (SSSR count). The van der Waals surface area contributed by atoms with Gasteiger partial charge in [0.25, 0.3) is 0 Å². The van der Waals surface area contributed by atoms with E-state index in [1.54, 1.807) is 19.2 Å². The number of hydrogen-bond donors (Lipinski definition) is 1. The summed E-state index contributed by atoms with van der Waals surface area (Å²) < 4.78 is 5.42. The highest BCUT2D eigenvalue weighted by Crippen LogP contribution is 2.36. The SMILES string of the molecule is COc1ccc2c(c1)CCc1ccccc1C2=Cc1ccc(O)cc1. The van der Waals surface area contributed by atoms with E-state index in [9.17, 15) is 5.11 Å². The first-order chi connectivity index (χ1) is 12.2. The van der Waals surface area contributed by atoms with Crippen molar-refractivity contribution in [1.82, 2.24) is 0 Å². The fourth-order valence-corrected chi connectivity index (χ4v) is 3.47. The van der Waals surface area contributed by atoms with E-state index in [0.717, 1.165) is 24.2 Å². The van der Waals surface area contributed by atoms with Gasteiger partial charge >= 0.3 is 0 Å². The van der Waals surface area contributed by atoms with E-state index in [4.69, 9.17) is 4.74 Å². The van der Waals surface area contributed by atoms with Crippen molar-refractivity contribution in [3.8, 4) is 11.5 Å². The molecule has 0 saturated carbocycles. The van der Waals surface area contributed by atoms with E-state index in [2.05, 4.69) is 42.5 Å². The van der Waals surface area contributed by atoms with Crippen LogP contribution in [0.4, 0.5) is 0 Å². The third kappa shape index (κ3) is 3.03. The molecule has 0 heterocycles. The maximum absolute atomic E-state index is 9.55. The third-order valence-electron chi connectivity index (χ3n) is 4.78. The zero-order valence-corrected chi connectivity index (χ0v) is 14.2. The number of aryl methyl sites for hydroxylation is 2. The van der Waals surface area contributed by atoms with Crippen LogP contribution in [0.1, 0.15) is 27.8 Å².